The van der Waals surface area contributed by atoms with E-state index >= 15 is 0 Å². The van der Waals surface area contributed by atoms with Crippen molar-refractivity contribution in [2.75, 3.05) is 0 Å². The molecule has 1 N–H and O–H groups in total. The van der Waals surface area contributed by atoms with Gasteiger partial charge in [0.15, 0.2) is 5.76 Å². The van der Waals surface area contributed by atoms with E-state index in [4.69, 9.17) is 4.42 Å². The van der Waals surface area contributed by atoms with Crippen LogP contribution in [0.5, 0.6) is 0 Å². The molecule has 25 heavy (non-hydrogen) atoms. The van der Waals surface area contributed by atoms with Gasteiger partial charge in [0.1, 0.15) is 17.4 Å². The van der Waals surface area contributed by atoms with E-state index in [0.29, 0.717) is 17.0 Å². The molecule has 4 heteroatoms. The third-order valence-corrected chi connectivity index (χ3v) is 4.21. The number of aryl methyl sites for hydroxylation is 1. The standard InChI is InChI=1S/C21H20N2O2/c1-13-5-10-19(25-13)18-11-16(17(12-22)20(24)23-18)14-6-8-15(9-7-14)21(2,3)4/h5-11H,1-4H3,(H,23,24). The van der Waals surface area contributed by atoms with Crippen LogP contribution in [-0.4, -0.2) is 4.98 Å². The van der Waals surface area contributed by atoms with Gasteiger partial charge in [-0.1, -0.05) is 45.0 Å². The van der Waals surface area contributed by atoms with Crippen LogP contribution in [0.1, 0.15) is 37.7 Å². The Bertz CT molecular complexity index is 1010. The van der Waals surface area contributed by atoms with Crippen LogP contribution in [0.4, 0.5) is 0 Å². The number of aromatic nitrogens is 1. The fourth-order valence-corrected chi connectivity index (χ4v) is 2.76. The molecule has 0 aliphatic rings. The predicted octanol–water partition coefficient (Wildman–Crippen LogP) is 4.78. The van der Waals surface area contributed by atoms with Gasteiger partial charge in [-0.05, 0) is 41.7 Å². The van der Waals surface area contributed by atoms with Gasteiger partial charge < -0.3 is 9.40 Å². The second-order valence-electron chi connectivity index (χ2n) is 7.15. The van der Waals surface area contributed by atoms with Crippen LogP contribution in [0.3, 0.4) is 0 Å². The maximum Gasteiger partial charge on any atom is 0.267 e. The maximum atomic E-state index is 12.4. The summed E-state index contributed by atoms with van der Waals surface area (Å²) in [4.78, 5) is 15.1. The fourth-order valence-electron chi connectivity index (χ4n) is 2.76. The van der Waals surface area contributed by atoms with E-state index in [1.165, 1.54) is 5.56 Å². The Morgan fingerprint density at radius 1 is 1.08 bits per heavy atom. The molecule has 3 rings (SSSR count). The Labute approximate surface area is 146 Å². The first-order valence-corrected chi connectivity index (χ1v) is 8.15. The monoisotopic (exact) mass is 332 g/mol. The molecule has 0 bridgehead atoms. The first-order valence-electron chi connectivity index (χ1n) is 8.15. The number of aromatic amines is 1. The zero-order valence-corrected chi connectivity index (χ0v) is 14.8. The molecule has 2 aromatic heterocycles. The number of furan rings is 1. The van der Waals surface area contributed by atoms with Gasteiger partial charge in [-0.2, -0.15) is 5.26 Å². The molecule has 0 atom stereocenters. The van der Waals surface area contributed by atoms with Gasteiger partial charge in [-0.3, -0.25) is 4.79 Å². The lowest BCUT2D eigenvalue weighted by Crippen LogP contribution is -2.13. The summed E-state index contributed by atoms with van der Waals surface area (Å²) in [6.07, 6.45) is 0. The van der Waals surface area contributed by atoms with Gasteiger partial charge in [-0.25, -0.2) is 0 Å². The van der Waals surface area contributed by atoms with Crippen LogP contribution in [0.15, 0.2) is 51.7 Å². The quantitative estimate of drug-likeness (QED) is 0.734. The van der Waals surface area contributed by atoms with Crippen molar-refractivity contribution in [3.63, 3.8) is 0 Å². The van der Waals surface area contributed by atoms with Gasteiger partial charge in [0, 0.05) is 5.56 Å². The summed E-state index contributed by atoms with van der Waals surface area (Å²) < 4.78 is 5.60. The molecule has 0 saturated heterocycles. The molecule has 0 aliphatic heterocycles. The minimum absolute atomic E-state index is 0.0433. The lowest BCUT2D eigenvalue weighted by atomic mass is 9.86. The minimum atomic E-state index is -0.413. The molecular formula is C21H20N2O2. The number of benzene rings is 1. The Morgan fingerprint density at radius 3 is 2.28 bits per heavy atom. The topological polar surface area (TPSA) is 69.8 Å². The Hall–Kier alpha value is -3.06. The normalized spacial score (nSPS) is 11.3. The zero-order chi connectivity index (χ0) is 18.2. The minimum Gasteiger partial charge on any atom is -0.460 e. The molecule has 0 saturated carbocycles. The number of nitrogens with one attached hydrogen (secondary N) is 1. The summed E-state index contributed by atoms with van der Waals surface area (Å²) in [6, 6.07) is 15.4. The summed E-state index contributed by atoms with van der Waals surface area (Å²) in [5.74, 6) is 1.34. The number of pyridine rings is 1. The van der Waals surface area contributed by atoms with Crippen LogP contribution >= 0.6 is 0 Å². The molecule has 4 nitrogen and oxygen atoms in total. The lowest BCUT2D eigenvalue weighted by molar-refractivity contribution is 0.546. The number of rotatable bonds is 2. The van der Waals surface area contributed by atoms with Crippen molar-refractivity contribution < 1.29 is 4.42 Å². The number of hydrogen-bond acceptors (Lipinski definition) is 3. The molecule has 0 spiro atoms. The van der Waals surface area contributed by atoms with Crippen molar-refractivity contribution in [2.45, 2.75) is 33.1 Å². The summed E-state index contributed by atoms with van der Waals surface area (Å²) in [5.41, 5.74) is 2.94. The number of hydrogen-bond donors (Lipinski definition) is 1. The van der Waals surface area contributed by atoms with Crippen LogP contribution in [0.2, 0.25) is 0 Å². The molecule has 0 radical (unpaired) electrons. The molecule has 0 fully saturated rings. The number of H-pyrrole nitrogens is 1. The van der Waals surface area contributed by atoms with Gasteiger partial charge in [0.2, 0.25) is 0 Å². The number of nitriles is 1. The highest BCUT2D eigenvalue weighted by molar-refractivity contribution is 5.74. The molecule has 2 heterocycles. The molecule has 0 amide bonds. The summed E-state index contributed by atoms with van der Waals surface area (Å²) in [6.45, 7) is 8.28. The van der Waals surface area contributed by atoms with E-state index in [-0.39, 0.29) is 11.0 Å². The third-order valence-electron chi connectivity index (χ3n) is 4.21. The Kier molecular flexibility index (Phi) is 4.10. The van der Waals surface area contributed by atoms with E-state index in [1.54, 1.807) is 12.1 Å². The SMILES string of the molecule is Cc1ccc(-c2cc(-c3ccc(C(C)(C)C)cc3)c(C#N)c(=O)[nH]2)o1. The van der Waals surface area contributed by atoms with Crippen molar-refractivity contribution in [3.05, 3.63) is 69.7 Å². The summed E-state index contributed by atoms with van der Waals surface area (Å²) in [7, 11) is 0. The predicted molar refractivity (Wildman–Crippen MR) is 98.4 cm³/mol. The van der Waals surface area contributed by atoms with Crippen molar-refractivity contribution in [1.29, 1.82) is 5.26 Å². The van der Waals surface area contributed by atoms with E-state index in [2.05, 4.69) is 25.8 Å². The Morgan fingerprint density at radius 2 is 1.76 bits per heavy atom. The second kappa shape index (κ2) is 6.10. The Balaban J connectivity index is 2.16. The molecular weight excluding hydrogens is 312 g/mol. The average Bonchev–Trinajstić information content (AvgIpc) is 3.00. The first kappa shape index (κ1) is 16.8. The highest BCUT2D eigenvalue weighted by atomic mass is 16.3. The van der Waals surface area contributed by atoms with Crippen molar-refractivity contribution in [1.82, 2.24) is 4.98 Å². The highest BCUT2D eigenvalue weighted by Crippen LogP contribution is 2.29. The van der Waals surface area contributed by atoms with Crippen LogP contribution in [0, 0.1) is 18.3 Å². The van der Waals surface area contributed by atoms with Crippen molar-refractivity contribution >= 4 is 0 Å². The van der Waals surface area contributed by atoms with Crippen molar-refractivity contribution in [3.8, 4) is 28.7 Å². The van der Waals surface area contributed by atoms with Gasteiger partial charge in [0.05, 0.1) is 5.69 Å². The van der Waals surface area contributed by atoms with Crippen LogP contribution < -0.4 is 5.56 Å². The number of nitrogens with zero attached hydrogens (tertiary/aromatic N) is 1. The van der Waals surface area contributed by atoms with E-state index < -0.39 is 5.56 Å². The van der Waals surface area contributed by atoms with Crippen LogP contribution in [0.25, 0.3) is 22.6 Å². The highest BCUT2D eigenvalue weighted by Gasteiger charge is 2.16. The molecule has 0 unspecified atom stereocenters. The fraction of sp³-hybridized carbons (Fsp3) is 0.238. The van der Waals surface area contributed by atoms with Gasteiger partial charge >= 0.3 is 0 Å². The summed E-state index contributed by atoms with van der Waals surface area (Å²) in [5, 5.41) is 9.42. The third kappa shape index (κ3) is 3.27. The van der Waals surface area contributed by atoms with Gasteiger partial charge in [-0.15, -0.1) is 0 Å². The summed E-state index contributed by atoms with van der Waals surface area (Å²) >= 11 is 0. The molecule has 3 aromatic rings. The largest absolute Gasteiger partial charge is 0.460 e. The van der Waals surface area contributed by atoms with Gasteiger partial charge in [0.25, 0.3) is 5.56 Å². The van der Waals surface area contributed by atoms with E-state index in [0.717, 1.165) is 11.3 Å². The lowest BCUT2D eigenvalue weighted by Gasteiger charge is -2.19. The smallest absolute Gasteiger partial charge is 0.267 e. The molecule has 1 aromatic carbocycles. The van der Waals surface area contributed by atoms with E-state index in [9.17, 15) is 10.1 Å². The first-order chi connectivity index (χ1) is 11.8. The molecule has 0 aliphatic carbocycles. The van der Waals surface area contributed by atoms with Crippen LogP contribution in [-0.2, 0) is 5.41 Å². The van der Waals surface area contributed by atoms with Crippen molar-refractivity contribution in [2.24, 2.45) is 0 Å². The van der Waals surface area contributed by atoms with E-state index in [1.807, 2.05) is 43.3 Å². The maximum absolute atomic E-state index is 12.4. The molecule has 126 valence electrons. The zero-order valence-electron chi connectivity index (χ0n) is 14.8. The second-order valence-corrected chi connectivity index (χ2v) is 7.15. The average molecular weight is 332 g/mol.